The molecule has 1 fully saturated rings. The van der Waals surface area contributed by atoms with Crippen LogP contribution in [0.1, 0.15) is 17.5 Å². The molecule has 13 N–H and O–H groups in total. The van der Waals surface area contributed by atoms with Crippen LogP contribution in [0.25, 0.3) is 33.5 Å². The highest BCUT2D eigenvalue weighted by molar-refractivity contribution is 7.89. The molecule has 0 aliphatic carbocycles. The lowest BCUT2D eigenvalue weighted by Gasteiger charge is -2.39. The first-order chi connectivity index (χ1) is 21.0. The zero-order valence-electron chi connectivity index (χ0n) is 23.3. The standard InChI is InChI=1S/C28H30N6O10S/c29-25(30)13-1-3-19-20(8-13)34-26(33-19)18-6-12(7-23(37)32-11-14-9-22(36)28(40,41)27(39)44-14)5-17(24(18)38)16-10-15(45(31,42)43)2-4-21(16)35/h1-6,8,10,14,22,27,35-36,38-41H,7,9,11H2,(H3,29,30)(H,32,37)(H,33,34)(H2,31,42,43). The number of imidazole rings is 1. The molecule has 0 spiro atoms. The van der Waals surface area contributed by atoms with Crippen molar-refractivity contribution in [1.29, 1.82) is 5.41 Å². The third kappa shape index (κ3) is 6.45. The van der Waals surface area contributed by atoms with E-state index in [1.165, 1.54) is 12.1 Å². The number of aromatic hydroxyl groups is 2. The van der Waals surface area contributed by atoms with E-state index in [0.29, 0.717) is 16.6 Å². The Morgan fingerprint density at radius 3 is 2.47 bits per heavy atom. The number of primary sulfonamides is 1. The summed E-state index contributed by atoms with van der Waals surface area (Å²) < 4.78 is 29.2. The summed E-state index contributed by atoms with van der Waals surface area (Å²) in [4.78, 5) is 20.2. The van der Waals surface area contributed by atoms with Crippen molar-refractivity contribution in [3.8, 4) is 34.0 Å². The van der Waals surface area contributed by atoms with Gasteiger partial charge in [0.25, 0.3) is 0 Å². The van der Waals surface area contributed by atoms with E-state index in [4.69, 9.17) is 21.0 Å². The number of carbonyl (C=O) groups excluding carboxylic acids is 1. The van der Waals surface area contributed by atoms with E-state index >= 15 is 0 Å². The van der Waals surface area contributed by atoms with Gasteiger partial charge in [-0.3, -0.25) is 10.2 Å². The van der Waals surface area contributed by atoms with Crippen LogP contribution in [0, 0.1) is 5.41 Å². The van der Waals surface area contributed by atoms with E-state index in [1.807, 2.05) is 0 Å². The first-order valence-corrected chi connectivity index (χ1v) is 14.9. The van der Waals surface area contributed by atoms with Gasteiger partial charge in [-0.2, -0.15) is 0 Å². The number of fused-ring (bicyclic) bond motifs is 1. The number of ether oxygens (including phenoxy) is 1. The number of nitrogen functional groups attached to an aromatic ring is 1. The molecule has 17 heteroatoms. The number of aliphatic hydroxyl groups is 4. The second-order valence-corrected chi connectivity index (χ2v) is 12.2. The quantitative estimate of drug-likeness (QED) is 0.0630. The Bertz CT molecular complexity index is 1910. The lowest BCUT2D eigenvalue weighted by Crippen LogP contribution is -2.60. The second-order valence-electron chi connectivity index (χ2n) is 10.6. The summed E-state index contributed by atoms with van der Waals surface area (Å²) in [6, 6.07) is 10.9. The van der Waals surface area contributed by atoms with E-state index in [0.717, 1.165) is 18.2 Å². The van der Waals surface area contributed by atoms with Crippen LogP contribution in [0.15, 0.2) is 53.4 Å². The molecule has 3 aromatic carbocycles. The SMILES string of the molecule is N=C(N)c1ccc2[nH]c(-c3cc(CC(=O)NCC4CC(O)C(O)(O)C(O)O4)cc(-c4cc(S(N)(=O)=O)ccc4O)c3O)nc2c1. The number of aliphatic hydroxyl groups excluding tert-OH is 2. The van der Waals surface area contributed by atoms with Crippen LogP contribution in [-0.4, -0.2) is 91.6 Å². The summed E-state index contributed by atoms with van der Waals surface area (Å²) in [6.07, 6.45) is -5.41. The number of nitrogens with two attached hydrogens (primary N) is 2. The number of carbonyl (C=O) groups is 1. The number of sulfonamides is 1. The summed E-state index contributed by atoms with van der Waals surface area (Å²) in [5, 5.41) is 76.6. The number of phenolic OH excluding ortho intramolecular Hbond substituents is 2. The Morgan fingerprint density at radius 2 is 1.80 bits per heavy atom. The molecule has 0 bridgehead atoms. The van der Waals surface area contributed by atoms with Gasteiger partial charge in [0.05, 0.1) is 34.0 Å². The average Bonchev–Trinajstić information content (AvgIpc) is 3.39. The van der Waals surface area contributed by atoms with Crippen molar-refractivity contribution in [2.45, 2.75) is 42.0 Å². The lowest BCUT2D eigenvalue weighted by atomic mass is 9.95. The van der Waals surface area contributed by atoms with E-state index in [9.17, 15) is 43.9 Å². The predicted octanol–water partition coefficient (Wildman–Crippen LogP) is -0.953. The number of nitrogens with one attached hydrogen (secondary N) is 3. The van der Waals surface area contributed by atoms with Gasteiger partial charge in [0, 0.05) is 29.7 Å². The van der Waals surface area contributed by atoms with Crippen molar-refractivity contribution in [3.63, 3.8) is 0 Å². The number of phenols is 2. The Kier molecular flexibility index (Phi) is 8.27. The van der Waals surface area contributed by atoms with Crippen LogP contribution in [-0.2, 0) is 26.0 Å². The number of H-pyrrole nitrogens is 1. The maximum Gasteiger partial charge on any atom is 0.242 e. The number of hydrogen-bond donors (Lipinski definition) is 11. The van der Waals surface area contributed by atoms with Crippen molar-refractivity contribution in [2.75, 3.05) is 6.54 Å². The number of hydrogen-bond acceptors (Lipinski definition) is 12. The van der Waals surface area contributed by atoms with Crippen molar-refractivity contribution >= 4 is 32.8 Å². The molecular formula is C28H30N6O10S. The maximum absolute atomic E-state index is 13.0. The minimum Gasteiger partial charge on any atom is -0.507 e. The number of amides is 1. The zero-order valence-corrected chi connectivity index (χ0v) is 24.1. The van der Waals surface area contributed by atoms with Crippen LogP contribution < -0.4 is 16.2 Å². The number of benzene rings is 3. The highest BCUT2D eigenvalue weighted by atomic mass is 32.2. The van der Waals surface area contributed by atoms with Crippen LogP contribution >= 0.6 is 0 Å². The highest BCUT2D eigenvalue weighted by Crippen LogP contribution is 2.43. The number of amidine groups is 1. The molecule has 0 saturated carbocycles. The summed E-state index contributed by atoms with van der Waals surface area (Å²) >= 11 is 0. The summed E-state index contributed by atoms with van der Waals surface area (Å²) in [6.45, 7) is -0.208. The molecular weight excluding hydrogens is 612 g/mol. The Balaban J connectivity index is 1.52. The Labute approximate surface area is 255 Å². The molecule has 3 atom stereocenters. The summed E-state index contributed by atoms with van der Waals surface area (Å²) in [5.74, 6) is -4.29. The van der Waals surface area contributed by atoms with Crippen LogP contribution in [0.2, 0.25) is 0 Å². The third-order valence-electron chi connectivity index (χ3n) is 7.36. The van der Waals surface area contributed by atoms with Gasteiger partial charge in [0.1, 0.15) is 29.3 Å². The lowest BCUT2D eigenvalue weighted by molar-refractivity contribution is -0.372. The first-order valence-electron chi connectivity index (χ1n) is 13.3. The van der Waals surface area contributed by atoms with Crippen LogP contribution in [0.5, 0.6) is 11.5 Å². The largest absolute Gasteiger partial charge is 0.507 e. The normalized spacial score (nSPS) is 19.8. The molecule has 1 aliphatic heterocycles. The molecule has 1 amide bonds. The molecule has 238 valence electrons. The monoisotopic (exact) mass is 642 g/mol. The molecule has 2 heterocycles. The van der Waals surface area contributed by atoms with E-state index < -0.39 is 51.7 Å². The number of nitrogens with zero attached hydrogens (tertiary/aromatic N) is 1. The molecule has 16 nitrogen and oxygen atoms in total. The van der Waals surface area contributed by atoms with Gasteiger partial charge in [-0.25, -0.2) is 18.5 Å². The Hall–Kier alpha value is -4.62. The van der Waals surface area contributed by atoms with Crippen molar-refractivity contribution in [1.82, 2.24) is 15.3 Å². The molecule has 1 saturated heterocycles. The van der Waals surface area contributed by atoms with Gasteiger partial charge < -0.3 is 51.4 Å². The predicted molar refractivity (Wildman–Crippen MR) is 158 cm³/mol. The molecule has 0 radical (unpaired) electrons. The van der Waals surface area contributed by atoms with Gasteiger partial charge >= 0.3 is 0 Å². The van der Waals surface area contributed by atoms with Gasteiger partial charge in [-0.05, 0) is 54.1 Å². The third-order valence-corrected chi connectivity index (χ3v) is 8.27. The number of rotatable bonds is 8. The summed E-state index contributed by atoms with van der Waals surface area (Å²) in [5.41, 5.74) is 7.16. The Morgan fingerprint density at radius 1 is 1.09 bits per heavy atom. The summed E-state index contributed by atoms with van der Waals surface area (Å²) in [7, 11) is -4.20. The number of aromatic amines is 1. The van der Waals surface area contributed by atoms with Crippen molar-refractivity contribution in [3.05, 3.63) is 59.7 Å². The van der Waals surface area contributed by atoms with E-state index in [1.54, 1.807) is 18.2 Å². The molecule has 5 rings (SSSR count). The van der Waals surface area contributed by atoms with Gasteiger partial charge in [0.2, 0.25) is 28.0 Å². The minimum atomic E-state index is -4.20. The van der Waals surface area contributed by atoms with Gasteiger partial charge in [0.15, 0.2) is 0 Å². The highest BCUT2D eigenvalue weighted by Gasteiger charge is 2.48. The fraction of sp³-hybridized carbons (Fsp3) is 0.250. The fourth-order valence-corrected chi connectivity index (χ4v) is 5.46. The van der Waals surface area contributed by atoms with E-state index in [2.05, 4.69) is 15.3 Å². The van der Waals surface area contributed by atoms with Gasteiger partial charge in [-0.1, -0.05) is 0 Å². The van der Waals surface area contributed by atoms with Crippen LogP contribution in [0.4, 0.5) is 0 Å². The van der Waals surface area contributed by atoms with E-state index in [-0.39, 0.29) is 58.2 Å². The average molecular weight is 643 g/mol. The van der Waals surface area contributed by atoms with Gasteiger partial charge in [-0.15, -0.1) is 0 Å². The maximum atomic E-state index is 13.0. The van der Waals surface area contributed by atoms with Crippen molar-refractivity contribution < 1.29 is 48.6 Å². The smallest absolute Gasteiger partial charge is 0.242 e. The fourth-order valence-electron chi connectivity index (χ4n) is 4.92. The molecule has 4 aromatic rings. The minimum absolute atomic E-state index is 0.0488. The number of aromatic nitrogens is 2. The first kappa shape index (κ1) is 31.8. The second kappa shape index (κ2) is 11.7. The molecule has 3 unspecified atom stereocenters. The van der Waals surface area contributed by atoms with Crippen LogP contribution in [0.3, 0.4) is 0 Å². The molecule has 1 aliphatic rings. The molecule has 1 aromatic heterocycles. The molecule has 45 heavy (non-hydrogen) atoms. The zero-order chi connectivity index (χ0) is 32.8. The van der Waals surface area contributed by atoms with Crippen molar-refractivity contribution in [2.24, 2.45) is 10.9 Å². The topological polar surface area (TPSA) is 298 Å².